The molecule has 0 fully saturated rings. The molecular weight excluding hydrogens is 364 g/mol. The van der Waals surface area contributed by atoms with E-state index in [1.54, 1.807) is 17.7 Å². The van der Waals surface area contributed by atoms with Gasteiger partial charge in [-0.25, -0.2) is 0 Å². The number of aromatic hydroxyl groups is 2. The average Bonchev–Trinajstić information content (AvgIpc) is 3.02. The number of carbonyl (C=O) groups is 1. The van der Waals surface area contributed by atoms with Gasteiger partial charge in [0.1, 0.15) is 11.5 Å². The molecule has 0 saturated heterocycles. The van der Waals surface area contributed by atoms with Gasteiger partial charge in [-0.1, -0.05) is 6.92 Å². The van der Waals surface area contributed by atoms with Crippen LogP contribution in [0.25, 0.3) is 17.1 Å². The van der Waals surface area contributed by atoms with Crippen LogP contribution in [0, 0.1) is 11.7 Å². The third-order valence-corrected chi connectivity index (χ3v) is 4.74. The van der Waals surface area contributed by atoms with Crippen LogP contribution in [0.2, 0.25) is 0 Å². The Morgan fingerprint density at radius 3 is 2.63 bits per heavy atom. The van der Waals surface area contributed by atoms with E-state index in [-0.39, 0.29) is 11.5 Å². The van der Waals surface area contributed by atoms with Crippen LogP contribution >= 0.6 is 12.2 Å². The number of benzene rings is 2. The highest BCUT2D eigenvalue weighted by Gasteiger charge is 2.17. The Bertz CT molecular complexity index is 1070. The Hall–Kier alpha value is -3.13. The van der Waals surface area contributed by atoms with E-state index in [0.29, 0.717) is 28.1 Å². The van der Waals surface area contributed by atoms with Crippen molar-refractivity contribution in [2.24, 2.45) is 0 Å². The van der Waals surface area contributed by atoms with Gasteiger partial charge in [-0.05, 0) is 61.0 Å². The van der Waals surface area contributed by atoms with Crippen molar-refractivity contribution in [1.82, 2.24) is 14.8 Å². The van der Waals surface area contributed by atoms with Crippen molar-refractivity contribution in [2.45, 2.75) is 20.3 Å². The molecule has 0 aliphatic heterocycles. The van der Waals surface area contributed by atoms with Gasteiger partial charge in [-0.15, -0.1) is 0 Å². The summed E-state index contributed by atoms with van der Waals surface area (Å²) in [6.07, 6.45) is 1.35. The molecule has 3 N–H and O–H groups in total. The molecule has 3 rings (SSSR count). The van der Waals surface area contributed by atoms with Crippen LogP contribution in [0.15, 0.2) is 30.3 Å². The molecule has 3 aromatic rings. The Morgan fingerprint density at radius 1 is 1.26 bits per heavy atom. The first-order chi connectivity index (χ1) is 12.9. The van der Waals surface area contributed by atoms with Crippen molar-refractivity contribution >= 4 is 24.3 Å². The summed E-state index contributed by atoms with van der Waals surface area (Å²) in [4.78, 5) is 12.5. The van der Waals surface area contributed by atoms with Crippen LogP contribution in [-0.2, 0) is 11.2 Å². The predicted octanol–water partition coefficient (Wildman–Crippen LogP) is 3.47. The quantitative estimate of drug-likeness (QED) is 0.462. The molecule has 0 aliphatic rings. The Balaban J connectivity index is 2.19. The van der Waals surface area contributed by atoms with Crippen molar-refractivity contribution in [3.63, 3.8) is 0 Å². The number of phenolic OH excluding ortho intramolecular Hbond substituents is 2. The van der Waals surface area contributed by atoms with E-state index in [2.05, 4.69) is 10.2 Å². The van der Waals surface area contributed by atoms with Crippen LogP contribution in [0.3, 0.4) is 0 Å². The molecule has 1 aromatic heterocycles. The fourth-order valence-corrected chi connectivity index (χ4v) is 3.27. The summed E-state index contributed by atoms with van der Waals surface area (Å²) in [5.41, 5.74) is 3.58. The van der Waals surface area contributed by atoms with Crippen LogP contribution in [0.5, 0.6) is 11.5 Å². The van der Waals surface area contributed by atoms with Gasteiger partial charge in [0.15, 0.2) is 10.6 Å². The molecule has 8 heteroatoms. The molecule has 1 heterocycles. The third-order valence-electron chi connectivity index (χ3n) is 4.47. The summed E-state index contributed by atoms with van der Waals surface area (Å²) in [5, 5.41) is 27.3. The van der Waals surface area contributed by atoms with Crippen molar-refractivity contribution in [3.8, 4) is 28.6 Å². The number of aryl methyl sites for hydroxylation is 2. The fourth-order valence-electron chi connectivity index (χ4n) is 3.03. The Labute approximate surface area is 161 Å². The minimum absolute atomic E-state index is 0.0385. The van der Waals surface area contributed by atoms with Gasteiger partial charge < -0.3 is 15.1 Å². The minimum Gasteiger partial charge on any atom is -0.508 e. The molecule has 7 nitrogen and oxygen atoms in total. The molecule has 2 aromatic carbocycles. The lowest BCUT2D eigenvalue weighted by molar-refractivity contribution is -0.107. The van der Waals surface area contributed by atoms with Gasteiger partial charge in [0.2, 0.25) is 6.41 Å². The molecule has 0 spiro atoms. The van der Waals surface area contributed by atoms with Crippen LogP contribution < -0.4 is 4.90 Å². The SMILES string of the molecule is CCc1cc(-c2n[nH]c(=S)n2-c2ccc(N(C)C=O)c(C)c2)c(O)cc1O. The number of hydrogen-bond acceptors (Lipinski definition) is 5. The highest BCUT2D eigenvalue weighted by molar-refractivity contribution is 7.71. The van der Waals surface area contributed by atoms with E-state index in [1.807, 2.05) is 32.0 Å². The predicted molar refractivity (Wildman–Crippen MR) is 106 cm³/mol. The standard InChI is InChI=1S/C19H20N4O3S/c1-4-12-8-14(17(26)9-16(12)25)18-20-21-19(27)23(18)13-5-6-15(11(2)7-13)22(3)10-24/h5-10,25-26H,4H2,1-3H3,(H,21,27). The maximum atomic E-state index is 11.0. The Morgan fingerprint density at radius 2 is 2.00 bits per heavy atom. The molecule has 0 atom stereocenters. The second kappa shape index (κ2) is 7.24. The zero-order valence-corrected chi connectivity index (χ0v) is 16.0. The molecule has 0 unspecified atom stereocenters. The first-order valence-electron chi connectivity index (χ1n) is 8.39. The number of H-pyrrole nitrogens is 1. The number of aromatic amines is 1. The maximum absolute atomic E-state index is 11.0. The van der Waals surface area contributed by atoms with Crippen molar-refractivity contribution in [3.05, 3.63) is 46.2 Å². The lowest BCUT2D eigenvalue weighted by atomic mass is 10.1. The van der Waals surface area contributed by atoms with E-state index in [1.165, 1.54) is 11.0 Å². The second-order valence-corrected chi connectivity index (χ2v) is 6.61. The third kappa shape index (κ3) is 3.31. The van der Waals surface area contributed by atoms with E-state index in [9.17, 15) is 15.0 Å². The van der Waals surface area contributed by atoms with E-state index in [4.69, 9.17) is 12.2 Å². The zero-order valence-electron chi connectivity index (χ0n) is 15.2. The van der Waals surface area contributed by atoms with Crippen LogP contribution in [0.1, 0.15) is 18.1 Å². The molecule has 0 radical (unpaired) electrons. The first-order valence-corrected chi connectivity index (χ1v) is 8.80. The summed E-state index contributed by atoms with van der Waals surface area (Å²) in [6.45, 7) is 3.81. The second-order valence-electron chi connectivity index (χ2n) is 6.23. The van der Waals surface area contributed by atoms with Crippen molar-refractivity contribution in [2.75, 3.05) is 11.9 Å². The fraction of sp³-hybridized carbons (Fsp3) is 0.211. The van der Waals surface area contributed by atoms with Crippen molar-refractivity contribution in [1.29, 1.82) is 0 Å². The number of phenols is 2. The minimum atomic E-state index is -0.0889. The normalized spacial score (nSPS) is 10.8. The number of aromatic nitrogens is 3. The number of anilines is 1. The van der Waals surface area contributed by atoms with E-state index < -0.39 is 0 Å². The summed E-state index contributed by atoms with van der Waals surface area (Å²) in [5.74, 6) is 0.383. The lowest BCUT2D eigenvalue weighted by Crippen LogP contribution is -2.15. The highest BCUT2D eigenvalue weighted by Crippen LogP contribution is 2.35. The summed E-state index contributed by atoms with van der Waals surface area (Å²) in [7, 11) is 1.69. The number of carbonyl (C=O) groups excluding carboxylic acids is 1. The van der Waals surface area contributed by atoms with E-state index in [0.717, 1.165) is 23.3 Å². The molecule has 0 aliphatic carbocycles. The van der Waals surface area contributed by atoms with Gasteiger partial charge in [0, 0.05) is 18.8 Å². The highest BCUT2D eigenvalue weighted by atomic mass is 32.1. The topological polar surface area (TPSA) is 94.4 Å². The largest absolute Gasteiger partial charge is 0.508 e. The summed E-state index contributed by atoms with van der Waals surface area (Å²) >= 11 is 5.38. The molecular formula is C19H20N4O3S. The summed E-state index contributed by atoms with van der Waals surface area (Å²) in [6, 6.07) is 8.56. The van der Waals surface area contributed by atoms with Gasteiger partial charge in [0.25, 0.3) is 0 Å². The van der Waals surface area contributed by atoms with Gasteiger partial charge in [-0.3, -0.25) is 14.5 Å². The molecule has 0 bridgehead atoms. The number of amides is 1. The van der Waals surface area contributed by atoms with Gasteiger partial charge in [0.05, 0.1) is 11.3 Å². The molecule has 0 saturated carbocycles. The first kappa shape index (κ1) is 18.7. The number of rotatable bonds is 5. The van der Waals surface area contributed by atoms with Crippen LogP contribution in [-0.4, -0.2) is 38.4 Å². The maximum Gasteiger partial charge on any atom is 0.213 e. The molecule has 140 valence electrons. The Kier molecular flexibility index (Phi) is 5.00. The van der Waals surface area contributed by atoms with Gasteiger partial charge >= 0.3 is 0 Å². The average molecular weight is 384 g/mol. The van der Waals surface area contributed by atoms with Gasteiger partial charge in [-0.2, -0.15) is 5.10 Å². The van der Waals surface area contributed by atoms with Crippen LogP contribution in [0.4, 0.5) is 5.69 Å². The monoisotopic (exact) mass is 384 g/mol. The number of nitrogens with one attached hydrogen (secondary N) is 1. The molecule has 1 amide bonds. The van der Waals surface area contributed by atoms with Crippen molar-refractivity contribution < 1.29 is 15.0 Å². The number of nitrogens with zero attached hydrogens (tertiary/aromatic N) is 3. The smallest absolute Gasteiger partial charge is 0.213 e. The van der Waals surface area contributed by atoms with E-state index >= 15 is 0 Å². The lowest BCUT2D eigenvalue weighted by Gasteiger charge is -2.16. The summed E-state index contributed by atoms with van der Waals surface area (Å²) < 4.78 is 2.07. The molecule has 27 heavy (non-hydrogen) atoms. The zero-order chi connectivity index (χ0) is 19.7. The number of hydrogen-bond donors (Lipinski definition) is 3.